The van der Waals surface area contributed by atoms with Crippen molar-refractivity contribution in [1.82, 2.24) is 0 Å². The molecule has 3 N–H and O–H groups in total. The molecule has 0 spiro atoms. The van der Waals surface area contributed by atoms with Crippen LogP contribution in [0.3, 0.4) is 0 Å². The van der Waals surface area contributed by atoms with Gasteiger partial charge in [0, 0.05) is 22.5 Å². The van der Waals surface area contributed by atoms with Crippen LogP contribution in [0.5, 0.6) is 0 Å². The maximum atomic E-state index is 8.48. The predicted molar refractivity (Wildman–Crippen MR) is 87.7 cm³/mol. The molecule has 1 aliphatic rings. The second kappa shape index (κ2) is 4.93. The summed E-state index contributed by atoms with van der Waals surface area (Å²) in [5, 5.41) is 8.48. The lowest BCUT2D eigenvalue weighted by atomic mass is 9.71. The van der Waals surface area contributed by atoms with Crippen molar-refractivity contribution in [3.63, 3.8) is 0 Å². The number of nitrogens with one attached hydrogen (secondary N) is 1. The molecule has 1 aliphatic carbocycles. The second-order valence-corrected chi connectivity index (χ2v) is 6.67. The lowest BCUT2D eigenvalue weighted by molar-refractivity contribution is 0.374. The number of aryl methyl sites for hydroxylation is 1. The number of hydrogen-bond donors (Lipinski definition) is 2. The van der Waals surface area contributed by atoms with Gasteiger partial charge >= 0.3 is 0 Å². The van der Waals surface area contributed by atoms with Gasteiger partial charge in [-0.1, -0.05) is 44.2 Å². The Hall–Kier alpha value is -1.83. The highest BCUT2D eigenvalue weighted by Crippen LogP contribution is 2.42. The van der Waals surface area contributed by atoms with Crippen LogP contribution in [-0.4, -0.2) is 5.71 Å². The Kier molecular flexibility index (Phi) is 3.59. The molecule has 2 heteroatoms. The standard InChI is InChI=1S/C18H24N2/c1-11-7-6-8-14(13(3)19)16(11)17-12(2)9-18(4,5)10-15(17)20/h6-8,20H,3,9-10,19H2,1-2,4-5H3. The zero-order valence-corrected chi connectivity index (χ0v) is 12.9. The summed E-state index contributed by atoms with van der Waals surface area (Å²) in [4.78, 5) is 0. The van der Waals surface area contributed by atoms with Crippen molar-refractivity contribution in [2.24, 2.45) is 11.1 Å². The van der Waals surface area contributed by atoms with Crippen LogP contribution in [0.2, 0.25) is 0 Å². The van der Waals surface area contributed by atoms with Gasteiger partial charge in [-0.25, -0.2) is 0 Å². The average molecular weight is 268 g/mol. The van der Waals surface area contributed by atoms with E-state index in [0.717, 1.165) is 40.8 Å². The summed E-state index contributed by atoms with van der Waals surface area (Å²) in [7, 11) is 0. The highest BCUT2D eigenvalue weighted by Gasteiger charge is 2.30. The Morgan fingerprint density at radius 1 is 1.25 bits per heavy atom. The van der Waals surface area contributed by atoms with Crippen LogP contribution in [0.4, 0.5) is 0 Å². The molecule has 0 aromatic heterocycles. The van der Waals surface area contributed by atoms with E-state index in [9.17, 15) is 0 Å². The molecule has 2 nitrogen and oxygen atoms in total. The Morgan fingerprint density at radius 3 is 2.45 bits per heavy atom. The Balaban J connectivity index is 2.68. The van der Waals surface area contributed by atoms with Crippen molar-refractivity contribution >= 4 is 17.0 Å². The lowest BCUT2D eigenvalue weighted by Crippen LogP contribution is -2.25. The van der Waals surface area contributed by atoms with Crippen LogP contribution in [0, 0.1) is 17.7 Å². The molecule has 0 fully saturated rings. The monoisotopic (exact) mass is 268 g/mol. The molecule has 1 aromatic carbocycles. The first kappa shape index (κ1) is 14.6. The molecule has 1 aromatic rings. The molecule has 0 atom stereocenters. The minimum atomic E-state index is 0.174. The fraction of sp³-hybridized carbons (Fsp3) is 0.389. The first-order valence-corrected chi connectivity index (χ1v) is 7.05. The van der Waals surface area contributed by atoms with Crippen LogP contribution in [0.25, 0.3) is 11.3 Å². The largest absolute Gasteiger partial charge is 0.399 e. The maximum Gasteiger partial charge on any atom is 0.0397 e. The second-order valence-electron chi connectivity index (χ2n) is 6.67. The maximum absolute atomic E-state index is 8.48. The zero-order chi connectivity index (χ0) is 15.1. The summed E-state index contributed by atoms with van der Waals surface area (Å²) in [6.07, 6.45) is 1.83. The van der Waals surface area contributed by atoms with Crippen molar-refractivity contribution < 1.29 is 0 Å². The molecular weight excluding hydrogens is 244 g/mol. The summed E-state index contributed by atoms with van der Waals surface area (Å²) in [5.41, 5.74) is 13.0. The van der Waals surface area contributed by atoms with Crippen LogP contribution in [-0.2, 0) is 0 Å². The van der Waals surface area contributed by atoms with Gasteiger partial charge in [0.15, 0.2) is 0 Å². The zero-order valence-electron chi connectivity index (χ0n) is 12.9. The molecule has 0 saturated heterocycles. The van der Waals surface area contributed by atoms with Gasteiger partial charge in [-0.2, -0.15) is 0 Å². The number of benzene rings is 1. The number of allylic oxidation sites excluding steroid dienone is 2. The lowest BCUT2D eigenvalue weighted by Gasteiger charge is -2.34. The van der Waals surface area contributed by atoms with Gasteiger partial charge in [-0.15, -0.1) is 0 Å². The minimum Gasteiger partial charge on any atom is -0.399 e. The van der Waals surface area contributed by atoms with E-state index in [0.29, 0.717) is 5.70 Å². The summed E-state index contributed by atoms with van der Waals surface area (Å²) < 4.78 is 0. The summed E-state index contributed by atoms with van der Waals surface area (Å²) in [6, 6.07) is 6.07. The van der Waals surface area contributed by atoms with Crippen LogP contribution >= 0.6 is 0 Å². The first-order chi connectivity index (χ1) is 9.23. The van der Waals surface area contributed by atoms with Gasteiger partial charge in [0.2, 0.25) is 0 Å². The van der Waals surface area contributed by atoms with Gasteiger partial charge in [0.25, 0.3) is 0 Å². The Morgan fingerprint density at radius 2 is 1.90 bits per heavy atom. The summed E-state index contributed by atoms with van der Waals surface area (Å²) >= 11 is 0. The molecule has 106 valence electrons. The number of hydrogen-bond acceptors (Lipinski definition) is 2. The molecule has 2 rings (SSSR count). The van der Waals surface area contributed by atoms with Gasteiger partial charge in [0.05, 0.1) is 0 Å². The van der Waals surface area contributed by atoms with E-state index in [1.165, 1.54) is 5.57 Å². The minimum absolute atomic E-state index is 0.174. The van der Waals surface area contributed by atoms with E-state index in [1.807, 2.05) is 12.1 Å². The fourth-order valence-electron chi connectivity index (χ4n) is 3.32. The van der Waals surface area contributed by atoms with Crippen molar-refractivity contribution in [1.29, 1.82) is 5.41 Å². The molecule has 0 radical (unpaired) electrons. The third kappa shape index (κ3) is 2.55. The molecular formula is C18H24N2. The smallest absolute Gasteiger partial charge is 0.0397 e. The van der Waals surface area contributed by atoms with Crippen LogP contribution < -0.4 is 5.73 Å². The topological polar surface area (TPSA) is 49.9 Å². The molecule has 0 saturated carbocycles. The van der Waals surface area contributed by atoms with Gasteiger partial charge in [-0.05, 0) is 43.2 Å². The first-order valence-electron chi connectivity index (χ1n) is 7.05. The van der Waals surface area contributed by atoms with E-state index in [1.54, 1.807) is 0 Å². The number of rotatable bonds is 2. The molecule has 0 aliphatic heterocycles. The van der Waals surface area contributed by atoms with Crippen molar-refractivity contribution in [2.45, 2.75) is 40.5 Å². The molecule has 0 bridgehead atoms. The molecule has 0 unspecified atom stereocenters. The van der Waals surface area contributed by atoms with E-state index in [2.05, 4.69) is 40.3 Å². The predicted octanol–water partition coefficient (Wildman–Crippen LogP) is 4.54. The third-order valence-corrected chi connectivity index (χ3v) is 4.00. The van der Waals surface area contributed by atoms with E-state index < -0.39 is 0 Å². The quantitative estimate of drug-likeness (QED) is 0.813. The molecule has 20 heavy (non-hydrogen) atoms. The van der Waals surface area contributed by atoms with Crippen LogP contribution in [0.15, 0.2) is 30.4 Å². The number of nitrogens with two attached hydrogens (primary N) is 1. The normalized spacial score (nSPS) is 18.3. The molecule has 0 heterocycles. The van der Waals surface area contributed by atoms with Gasteiger partial charge in [0.1, 0.15) is 0 Å². The average Bonchev–Trinajstić information content (AvgIpc) is 2.28. The Labute approximate surface area is 121 Å². The van der Waals surface area contributed by atoms with E-state index in [4.69, 9.17) is 11.1 Å². The van der Waals surface area contributed by atoms with Gasteiger partial charge < -0.3 is 11.1 Å². The third-order valence-electron chi connectivity index (χ3n) is 4.00. The Bertz CT molecular complexity index is 618. The summed E-state index contributed by atoms with van der Waals surface area (Å²) in [6.45, 7) is 12.6. The highest BCUT2D eigenvalue weighted by molar-refractivity contribution is 6.25. The highest BCUT2D eigenvalue weighted by atomic mass is 14.6. The van der Waals surface area contributed by atoms with E-state index >= 15 is 0 Å². The van der Waals surface area contributed by atoms with Crippen LogP contribution in [0.1, 0.15) is 50.3 Å². The molecule has 0 amide bonds. The fourth-order valence-corrected chi connectivity index (χ4v) is 3.32. The van der Waals surface area contributed by atoms with Crippen molar-refractivity contribution in [3.8, 4) is 0 Å². The van der Waals surface area contributed by atoms with Gasteiger partial charge in [-0.3, -0.25) is 0 Å². The van der Waals surface area contributed by atoms with E-state index in [-0.39, 0.29) is 5.41 Å². The SMILES string of the molecule is C=C(N)c1cccc(C)c1C1=C(C)CC(C)(C)CC1=N. The van der Waals surface area contributed by atoms with Crippen molar-refractivity contribution in [2.75, 3.05) is 0 Å². The summed E-state index contributed by atoms with van der Waals surface area (Å²) in [5.74, 6) is 0. The van der Waals surface area contributed by atoms with Crippen molar-refractivity contribution in [3.05, 3.63) is 47.0 Å².